The van der Waals surface area contributed by atoms with Crippen LogP contribution in [0.2, 0.25) is 0 Å². The van der Waals surface area contributed by atoms with Gasteiger partial charge in [0.2, 0.25) is 5.78 Å². The molecular formula is C17H13N2NaO5S. The van der Waals surface area contributed by atoms with E-state index in [9.17, 15) is 17.8 Å². The maximum atomic E-state index is 12.5. The minimum atomic E-state index is -4.77. The number of carbonyl (C=O) groups is 1. The summed E-state index contributed by atoms with van der Waals surface area (Å²) < 4.78 is 39.8. The van der Waals surface area contributed by atoms with E-state index in [-0.39, 0.29) is 46.4 Å². The smallest absolute Gasteiger partial charge is 0.744 e. The quantitative estimate of drug-likeness (QED) is 0.425. The van der Waals surface area contributed by atoms with Crippen molar-refractivity contribution in [3.05, 3.63) is 65.7 Å². The summed E-state index contributed by atoms with van der Waals surface area (Å²) in [6, 6.07) is 12.9. The number of nitrogens with zero attached hydrogens (tertiary/aromatic N) is 1. The Balaban J connectivity index is 0.00000243. The normalized spacial score (nSPS) is 14.9. The molecule has 0 aliphatic heterocycles. The van der Waals surface area contributed by atoms with E-state index >= 15 is 0 Å². The van der Waals surface area contributed by atoms with E-state index in [0.717, 1.165) is 6.08 Å². The van der Waals surface area contributed by atoms with Crippen molar-refractivity contribution in [3.63, 3.8) is 0 Å². The van der Waals surface area contributed by atoms with E-state index in [0.29, 0.717) is 11.4 Å². The first kappa shape index (κ1) is 20.3. The number of ether oxygens (including phenoxy) is 1. The molecule has 26 heavy (non-hydrogen) atoms. The summed E-state index contributed by atoms with van der Waals surface area (Å²) in [5.41, 5.74) is 3.17. The van der Waals surface area contributed by atoms with Gasteiger partial charge in [-0.1, -0.05) is 36.4 Å². The van der Waals surface area contributed by atoms with Gasteiger partial charge in [-0.05, 0) is 18.2 Å². The summed E-state index contributed by atoms with van der Waals surface area (Å²) in [5, 5.41) is 3.96. The Bertz CT molecular complexity index is 1020. The van der Waals surface area contributed by atoms with Crippen molar-refractivity contribution in [2.75, 3.05) is 12.5 Å². The standard InChI is InChI=1S/C17H14N2O5S.Na/c1-24-15-9-5-4-8-13(15)18-19-14-10-16(25(21,22)23)11-6-2-3-7-12(11)17(14)20;/h2-10,18H,1H3,(H,21,22,23);/q;+1/p-1/b19-14+;. The first-order valence-electron chi connectivity index (χ1n) is 7.20. The molecule has 3 rings (SSSR count). The molecule has 0 saturated carbocycles. The Hall–Kier alpha value is -1.97. The van der Waals surface area contributed by atoms with Crippen molar-refractivity contribution in [1.82, 2.24) is 0 Å². The fourth-order valence-electron chi connectivity index (χ4n) is 2.45. The summed E-state index contributed by atoms with van der Waals surface area (Å²) >= 11 is 0. The summed E-state index contributed by atoms with van der Waals surface area (Å²) in [6.45, 7) is 0. The molecule has 2 aromatic carbocycles. The van der Waals surface area contributed by atoms with Crippen molar-refractivity contribution in [1.29, 1.82) is 0 Å². The number of carbonyl (C=O) groups excluding carboxylic acids is 1. The van der Waals surface area contributed by atoms with Crippen LogP contribution in [0.5, 0.6) is 5.75 Å². The Kier molecular flexibility index (Phi) is 6.38. The molecule has 0 amide bonds. The number of nitrogens with one attached hydrogen (secondary N) is 1. The van der Waals surface area contributed by atoms with E-state index in [1.165, 1.54) is 19.2 Å². The molecule has 128 valence electrons. The zero-order valence-corrected chi connectivity index (χ0v) is 16.9. The summed E-state index contributed by atoms with van der Waals surface area (Å²) in [5.74, 6) is 0.0153. The predicted octanol–water partition coefficient (Wildman–Crippen LogP) is -0.750. The summed E-state index contributed by atoms with van der Waals surface area (Å²) in [7, 11) is -3.28. The number of methoxy groups -OCH3 is 1. The van der Waals surface area contributed by atoms with Gasteiger partial charge >= 0.3 is 29.6 Å². The second kappa shape index (κ2) is 8.15. The van der Waals surface area contributed by atoms with Gasteiger partial charge in [-0.3, -0.25) is 10.2 Å². The predicted molar refractivity (Wildman–Crippen MR) is 92.5 cm³/mol. The molecule has 0 fully saturated rings. The number of para-hydroxylation sites is 2. The third-order valence-corrected chi connectivity index (χ3v) is 4.49. The van der Waals surface area contributed by atoms with Gasteiger partial charge in [0.05, 0.1) is 17.7 Å². The molecule has 7 nitrogen and oxygen atoms in total. The van der Waals surface area contributed by atoms with Gasteiger partial charge in [-0.15, -0.1) is 0 Å². The molecule has 0 heterocycles. The van der Waals surface area contributed by atoms with Gasteiger partial charge in [0.25, 0.3) is 0 Å². The first-order chi connectivity index (χ1) is 11.9. The number of fused-ring (bicyclic) bond motifs is 1. The van der Waals surface area contributed by atoms with Crippen LogP contribution in [0.1, 0.15) is 15.9 Å². The number of rotatable bonds is 4. The number of Topliss-reactive ketones (excluding diaryl/α,β-unsaturated/α-hetero) is 1. The van der Waals surface area contributed by atoms with Crippen molar-refractivity contribution in [2.45, 2.75) is 0 Å². The number of hydrazone groups is 1. The SMILES string of the molecule is COc1ccccc1N/N=C1\C=C(S(=O)(=O)[O-])c2ccccc2C1=O.[Na+]. The minimum Gasteiger partial charge on any atom is -0.744 e. The number of benzene rings is 2. The Labute approximate surface area is 172 Å². The van der Waals surface area contributed by atoms with E-state index in [2.05, 4.69) is 10.5 Å². The molecule has 0 radical (unpaired) electrons. The Morgan fingerprint density at radius 3 is 2.31 bits per heavy atom. The molecule has 0 atom stereocenters. The summed E-state index contributed by atoms with van der Waals surface area (Å²) in [6.07, 6.45) is 0.982. The Morgan fingerprint density at radius 2 is 1.65 bits per heavy atom. The number of anilines is 1. The average Bonchev–Trinajstić information content (AvgIpc) is 2.60. The molecule has 1 aliphatic carbocycles. The molecule has 2 aromatic rings. The molecule has 0 saturated heterocycles. The number of allylic oxidation sites excluding steroid dienone is 1. The van der Waals surface area contributed by atoms with Gasteiger partial charge in [0.15, 0.2) is 0 Å². The molecule has 0 unspecified atom stereocenters. The molecule has 1 aliphatic rings. The van der Waals surface area contributed by atoms with Gasteiger partial charge in [0, 0.05) is 11.1 Å². The maximum absolute atomic E-state index is 12.5. The molecule has 9 heteroatoms. The molecule has 0 aromatic heterocycles. The molecule has 0 spiro atoms. The largest absolute Gasteiger partial charge is 1.00 e. The zero-order chi connectivity index (χ0) is 18.0. The van der Waals surface area contributed by atoms with Crippen LogP contribution in [-0.2, 0) is 10.1 Å². The van der Waals surface area contributed by atoms with E-state index in [1.54, 1.807) is 36.4 Å². The van der Waals surface area contributed by atoms with Crippen molar-refractivity contribution < 1.29 is 52.1 Å². The van der Waals surface area contributed by atoms with Gasteiger partial charge < -0.3 is 9.29 Å². The van der Waals surface area contributed by atoms with Crippen molar-refractivity contribution in [2.24, 2.45) is 5.10 Å². The first-order valence-corrected chi connectivity index (χ1v) is 8.61. The number of hydrogen-bond acceptors (Lipinski definition) is 7. The van der Waals surface area contributed by atoms with E-state index in [1.807, 2.05) is 0 Å². The van der Waals surface area contributed by atoms with Gasteiger partial charge in [0.1, 0.15) is 21.6 Å². The van der Waals surface area contributed by atoms with Crippen LogP contribution in [0.4, 0.5) is 5.69 Å². The Morgan fingerprint density at radius 1 is 1.04 bits per heavy atom. The third-order valence-electron chi connectivity index (χ3n) is 3.61. The fourth-order valence-corrected chi connectivity index (χ4v) is 3.15. The minimum absolute atomic E-state index is 0. The van der Waals surface area contributed by atoms with Crippen molar-refractivity contribution >= 4 is 32.2 Å². The molecular weight excluding hydrogens is 367 g/mol. The monoisotopic (exact) mass is 380 g/mol. The van der Waals surface area contributed by atoms with Crippen LogP contribution in [-0.4, -0.2) is 31.6 Å². The summed E-state index contributed by atoms with van der Waals surface area (Å²) in [4.78, 5) is 12.0. The molecule has 0 bridgehead atoms. The van der Waals surface area contributed by atoms with E-state index < -0.39 is 20.8 Å². The number of hydrogen-bond donors (Lipinski definition) is 1. The second-order valence-electron chi connectivity index (χ2n) is 5.15. The zero-order valence-electron chi connectivity index (χ0n) is 14.1. The van der Waals surface area contributed by atoms with Crippen LogP contribution in [0.25, 0.3) is 4.91 Å². The molecule has 1 N–H and O–H groups in total. The maximum Gasteiger partial charge on any atom is 1.00 e. The number of ketones is 1. The van der Waals surface area contributed by atoms with Crippen molar-refractivity contribution in [3.8, 4) is 5.75 Å². The van der Waals surface area contributed by atoms with Crippen LogP contribution in [0.3, 0.4) is 0 Å². The second-order valence-corrected chi connectivity index (χ2v) is 6.49. The third kappa shape index (κ3) is 4.05. The van der Waals surface area contributed by atoms with Crippen LogP contribution < -0.4 is 39.7 Å². The topological polar surface area (TPSA) is 108 Å². The van der Waals surface area contributed by atoms with Crippen LogP contribution >= 0.6 is 0 Å². The van der Waals surface area contributed by atoms with Gasteiger partial charge in [-0.25, -0.2) is 8.42 Å². The fraction of sp³-hybridized carbons (Fsp3) is 0.0588. The van der Waals surface area contributed by atoms with E-state index in [4.69, 9.17) is 4.74 Å². The van der Waals surface area contributed by atoms with Crippen LogP contribution in [0.15, 0.2) is 59.7 Å². The van der Waals surface area contributed by atoms with Crippen LogP contribution in [0, 0.1) is 0 Å². The van der Waals surface area contributed by atoms with Gasteiger partial charge in [-0.2, -0.15) is 5.10 Å². The average molecular weight is 380 g/mol.